The van der Waals surface area contributed by atoms with E-state index in [0.29, 0.717) is 0 Å². The molecule has 1 aliphatic rings. The second-order valence-electron chi connectivity index (χ2n) is 6.01. The van der Waals surface area contributed by atoms with Crippen molar-refractivity contribution < 1.29 is 30.0 Å². The van der Waals surface area contributed by atoms with Crippen molar-refractivity contribution in [3.63, 3.8) is 0 Å². The molecule has 1 aliphatic heterocycles. The van der Waals surface area contributed by atoms with Crippen LogP contribution < -0.4 is 0 Å². The van der Waals surface area contributed by atoms with Gasteiger partial charge < -0.3 is 10.1 Å². The third-order valence-electron chi connectivity index (χ3n) is 3.72. The number of hydrogen-bond donors (Lipinski definition) is 1. The molecule has 0 fully saturated rings. The van der Waals surface area contributed by atoms with E-state index in [0.717, 1.165) is 12.1 Å². The van der Waals surface area contributed by atoms with Crippen molar-refractivity contribution in [2.45, 2.75) is 26.7 Å². The van der Waals surface area contributed by atoms with E-state index in [1.165, 1.54) is 30.8 Å². The first-order valence-electron chi connectivity index (χ1n) is 7.67. The van der Waals surface area contributed by atoms with Crippen LogP contribution in [0.15, 0.2) is 53.7 Å². The van der Waals surface area contributed by atoms with Crippen molar-refractivity contribution in [2.75, 3.05) is 6.54 Å². The Hall–Kier alpha value is -1.84. The molecule has 0 spiro atoms. The molecule has 0 saturated heterocycles. The number of nitrogens with zero attached hydrogens (tertiary/aromatic N) is 2. The third-order valence-corrected chi connectivity index (χ3v) is 3.72. The van der Waals surface area contributed by atoms with Crippen LogP contribution in [0.4, 0.5) is 0 Å². The fraction of sp³-hybridized carbons (Fsp3) is 0.316. The number of benzene rings is 1. The molecular weight excluding hydrogens is 480 g/mol. The standard InChI is InChI=1S/C13H16N.C6H5NO2.Ir/c1-13(2)9-6-10-14-12(13)11-7-4-3-5-8-11;8-6(9)5-3-1-2-4-7-5;/h3-5,7H,6,9-10H2,1-2H3;1-4H,(H,8,9);/q-1;;. The second-order valence-corrected chi connectivity index (χ2v) is 6.01. The van der Waals surface area contributed by atoms with Gasteiger partial charge in [-0.15, -0.1) is 35.9 Å². The summed E-state index contributed by atoms with van der Waals surface area (Å²) in [5.41, 5.74) is 2.69. The predicted octanol–water partition coefficient (Wildman–Crippen LogP) is 3.87. The van der Waals surface area contributed by atoms with E-state index >= 15 is 0 Å². The van der Waals surface area contributed by atoms with Gasteiger partial charge in [-0.05, 0) is 36.1 Å². The molecule has 0 aliphatic carbocycles. The van der Waals surface area contributed by atoms with Gasteiger partial charge in [0.15, 0.2) is 0 Å². The van der Waals surface area contributed by atoms with Gasteiger partial charge >= 0.3 is 5.97 Å². The number of aromatic carboxylic acids is 1. The van der Waals surface area contributed by atoms with E-state index in [9.17, 15) is 4.79 Å². The Bertz CT molecular complexity index is 670. The Balaban J connectivity index is 0.000000252. The van der Waals surface area contributed by atoms with Crippen molar-refractivity contribution in [2.24, 2.45) is 10.4 Å². The molecule has 1 N–H and O–H groups in total. The van der Waals surface area contributed by atoms with E-state index in [4.69, 9.17) is 5.11 Å². The van der Waals surface area contributed by atoms with Gasteiger partial charge in [0.1, 0.15) is 5.69 Å². The van der Waals surface area contributed by atoms with Crippen molar-refractivity contribution in [3.05, 3.63) is 66.0 Å². The summed E-state index contributed by atoms with van der Waals surface area (Å²) in [5, 5.41) is 8.32. The first-order valence-corrected chi connectivity index (χ1v) is 7.67. The number of pyridine rings is 1. The summed E-state index contributed by atoms with van der Waals surface area (Å²) in [7, 11) is 0. The maximum atomic E-state index is 10.1. The molecule has 0 bridgehead atoms. The molecule has 1 aromatic heterocycles. The molecule has 1 aromatic carbocycles. The van der Waals surface area contributed by atoms with Crippen LogP contribution in [0.3, 0.4) is 0 Å². The molecule has 2 heterocycles. The fourth-order valence-electron chi connectivity index (χ4n) is 2.52. The molecule has 2 aromatic rings. The van der Waals surface area contributed by atoms with Crippen molar-refractivity contribution in [3.8, 4) is 0 Å². The van der Waals surface area contributed by atoms with Gasteiger partial charge in [-0.25, -0.2) is 9.78 Å². The summed E-state index contributed by atoms with van der Waals surface area (Å²) < 4.78 is 0. The second kappa shape index (κ2) is 9.45. The molecule has 129 valence electrons. The van der Waals surface area contributed by atoms with Crippen LogP contribution in [0.25, 0.3) is 0 Å². The molecule has 3 rings (SSSR count). The Morgan fingerprint density at radius 3 is 2.46 bits per heavy atom. The molecule has 0 atom stereocenters. The Labute approximate surface area is 156 Å². The average Bonchev–Trinajstić information content (AvgIpc) is 2.57. The first-order chi connectivity index (χ1) is 11.0. The number of rotatable bonds is 2. The van der Waals surface area contributed by atoms with E-state index < -0.39 is 5.97 Å². The Morgan fingerprint density at radius 1 is 1.21 bits per heavy atom. The van der Waals surface area contributed by atoms with Crippen LogP contribution in [0.1, 0.15) is 42.7 Å². The monoisotopic (exact) mass is 502 g/mol. The normalized spacial score (nSPS) is 15.2. The molecule has 1 radical (unpaired) electrons. The van der Waals surface area contributed by atoms with Crippen molar-refractivity contribution in [1.29, 1.82) is 0 Å². The summed E-state index contributed by atoms with van der Waals surface area (Å²) in [6.45, 7) is 5.51. The number of carboxylic acid groups (broad SMARTS) is 1. The number of aromatic nitrogens is 1. The number of carbonyl (C=O) groups is 1. The minimum atomic E-state index is -0.990. The number of carboxylic acids is 1. The zero-order chi connectivity index (χ0) is 16.7. The summed E-state index contributed by atoms with van der Waals surface area (Å²) >= 11 is 0. The maximum absolute atomic E-state index is 10.1. The van der Waals surface area contributed by atoms with Gasteiger partial charge in [0.2, 0.25) is 0 Å². The van der Waals surface area contributed by atoms with Crippen LogP contribution in [-0.2, 0) is 20.1 Å². The van der Waals surface area contributed by atoms with Crippen molar-refractivity contribution in [1.82, 2.24) is 4.98 Å². The van der Waals surface area contributed by atoms with Crippen molar-refractivity contribution >= 4 is 11.7 Å². The maximum Gasteiger partial charge on any atom is 0.354 e. The van der Waals surface area contributed by atoms with Gasteiger partial charge in [-0.3, -0.25) is 0 Å². The number of hydrogen-bond acceptors (Lipinski definition) is 3. The third kappa shape index (κ3) is 5.66. The van der Waals surface area contributed by atoms with E-state index in [2.05, 4.69) is 42.0 Å². The van der Waals surface area contributed by atoms with Gasteiger partial charge in [0.25, 0.3) is 0 Å². The van der Waals surface area contributed by atoms with Gasteiger partial charge in [-0.1, -0.05) is 19.9 Å². The molecule has 5 heteroatoms. The Kier molecular flexibility index (Phi) is 7.96. The van der Waals surface area contributed by atoms with Gasteiger partial charge in [0.05, 0.1) is 0 Å². The quantitative estimate of drug-likeness (QED) is 0.636. The average molecular weight is 502 g/mol. The minimum Gasteiger partial charge on any atom is -0.477 e. The zero-order valence-corrected chi connectivity index (χ0v) is 16.2. The molecule has 0 amide bonds. The fourth-order valence-corrected chi connectivity index (χ4v) is 2.52. The van der Waals surface area contributed by atoms with Crippen LogP contribution in [0, 0.1) is 11.5 Å². The molecule has 4 nitrogen and oxygen atoms in total. The Morgan fingerprint density at radius 2 is 1.96 bits per heavy atom. The molecule has 24 heavy (non-hydrogen) atoms. The smallest absolute Gasteiger partial charge is 0.354 e. The SMILES string of the molecule is CC1(C)CCCN=C1c1[c-]cccc1.O=C(O)c1ccccn1.[Ir]. The zero-order valence-electron chi connectivity index (χ0n) is 13.8. The van der Waals surface area contributed by atoms with E-state index in [1.807, 2.05) is 12.1 Å². The summed E-state index contributed by atoms with van der Waals surface area (Å²) in [5.74, 6) is -0.990. The van der Waals surface area contributed by atoms with Gasteiger partial charge in [-0.2, -0.15) is 0 Å². The van der Waals surface area contributed by atoms with E-state index in [1.54, 1.807) is 12.1 Å². The van der Waals surface area contributed by atoms with Crippen LogP contribution in [0.2, 0.25) is 0 Å². The minimum absolute atomic E-state index is 0. The van der Waals surface area contributed by atoms with E-state index in [-0.39, 0.29) is 31.2 Å². The predicted molar refractivity (Wildman–Crippen MR) is 90.9 cm³/mol. The molecular formula is C19H21IrN2O2-. The van der Waals surface area contributed by atoms with Crippen LogP contribution >= 0.6 is 0 Å². The number of aliphatic imine (C=N–C) groups is 1. The molecule has 0 saturated carbocycles. The summed E-state index contributed by atoms with van der Waals surface area (Å²) in [6, 6.07) is 16.1. The topological polar surface area (TPSA) is 62.5 Å². The summed E-state index contributed by atoms with van der Waals surface area (Å²) in [6.07, 6.45) is 3.89. The molecule has 0 unspecified atom stereocenters. The largest absolute Gasteiger partial charge is 0.477 e. The van der Waals surface area contributed by atoms with Crippen LogP contribution in [-0.4, -0.2) is 28.3 Å². The first kappa shape index (κ1) is 20.2. The van der Waals surface area contributed by atoms with Crippen LogP contribution in [0.5, 0.6) is 0 Å². The van der Waals surface area contributed by atoms with Gasteiger partial charge in [0, 0.05) is 32.8 Å². The summed E-state index contributed by atoms with van der Waals surface area (Å²) in [4.78, 5) is 18.4.